The van der Waals surface area contributed by atoms with Gasteiger partial charge in [-0.1, -0.05) is 30.3 Å². The fourth-order valence-corrected chi connectivity index (χ4v) is 3.19. The van der Waals surface area contributed by atoms with Gasteiger partial charge in [0.1, 0.15) is 6.04 Å². The number of carbonyl (C=O) groups excluding carboxylic acids is 1. The third-order valence-electron chi connectivity index (χ3n) is 4.79. The number of amides is 1. The van der Waals surface area contributed by atoms with E-state index in [9.17, 15) is 10.1 Å². The molecule has 2 atom stereocenters. The molecule has 1 aromatic rings. The van der Waals surface area contributed by atoms with Crippen molar-refractivity contribution in [2.45, 2.75) is 25.4 Å². The minimum absolute atomic E-state index is 0.0450. The number of nitriles is 2. The molecule has 1 fully saturated rings. The maximum atomic E-state index is 12.5. The topological polar surface area (TPSA) is 74.4 Å². The SMILES string of the molecule is C[C@H](C(=O)N(C)CCC#N)N1CCN([C@H](C#N)c2ccccc2)CC1. The summed E-state index contributed by atoms with van der Waals surface area (Å²) in [4.78, 5) is 18.4. The molecule has 0 aromatic heterocycles. The maximum absolute atomic E-state index is 12.5. The van der Waals surface area contributed by atoms with E-state index in [-0.39, 0.29) is 18.0 Å². The van der Waals surface area contributed by atoms with Gasteiger partial charge in [0.2, 0.25) is 5.91 Å². The summed E-state index contributed by atoms with van der Waals surface area (Å²) in [6.07, 6.45) is 0.351. The van der Waals surface area contributed by atoms with Gasteiger partial charge in [0.25, 0.3) is 0 Å². The lowest BCUT2D eigenvalue weighted by Gasteiger charge is -2.40. The highest BCUT2D eigenvalue weighted by Crippen LogP contribution is 2.22. The second-order valence-electron chi connectivity index (χ2n) is 6.36. The number of rotatable bonds is 6. The highest BCUT2D eigenvalue weighted by atomic mass is 16.2. The predicted molar refractivity (Wildman–Crippen MR) is 95.3 cm³/mol. The minimum Gasteiger partial charge on any atom is -0.343 e. The van der Waals surface area contributed by atoms with Crippen molar-refractivity contribution in [3.8, 4) is 12.1 Å². The minimum atomic E-state index is -0.243. The fourth-order valence-electron chi connectivity index (χ4n) is 3.19. The largest absolute Gasteiger partial charge is 0.343 e. The van der Waals surface area contributed by atoms with Gasteiger partial charge in [-0.05, 0) is 12.5 Å². The zero-order valence-electron chi connectivity index (χ0n) is 14.9. The van der Waals surface area contributed by atoms with E-state index in [2.05, 4.69) is 21.9 Å². The molecule has 6 heteroatoms. The molecule has 1 aliphatic rings. The Hall–Kier alpha value is -2.41. The lowest BCUT2D eigenvalue weighted by molar-refractivity contribution is -0.135. The summed E-state index contributed by atoms with van der Waals surface area (Å²) in [5.74, 6) is 0.0450. The first-order valence-corrected chi connectivity index (χ1v) is 8.63. The predicted octanol–water partition coefficient (Wildman–Crippen LogP) is 1.63. The Labute approximate surface area is 149 Å². The van der Waals surface area contributed by atoms with Crippen LogP contribution in [0.2, 0.25) is 0 Å². The molecular weight excluding hydrogens is 314 g/mol. The number of hydrogen-bond acceptors (Lipinski definition) is 5. The fraction of sp³-hybridized carbons (Fsp3) is 0.526. The van der Waals surface area contributed by atoms with Crippen LogP contribution in [0.5, 0.6) is 0 Å². The Kier molecular flexibility index (Phi) is 6.94. The quantitative estimate of drug-likeness (QED) is 0.787. The van der Waals surface area contributed by atoms with Gasteiger partial charge < -0.3 is 4.90 Å². The summed E-state index contributed by atoms with van der Waals surface area (Å²) in [6.45, 7) is 5.40. The molecule has 1 heterocycles. The lowest BCUT2D eigenvalue weighted by atomic mass is 10.1. The van der Waals surface area contributed by atoms with Gasteiger partial charge in [-0.25, -0.2) is 0 Å². The molecular formula is C19H25N5O. The van der Waals surface area contributed by atoms with Crippen molar-refractivity contribution in [3.63, 3.8) is 0 Å². The van der Waals surface area contributed by atoms with Crippen molar-refractivity contribution in [2.24, 2.45) is 0 Å². The van der Waals surface area contributed by atoms with Crippen LogP contribution in [-0.4, -0.2) is 66.4 Å². The van der Waals surface area contributed by atoms with E-state index in [1.807, 2.05) is 37.3 Å². The van der Waals surface area contributed by atoms with E-state index < -0.39 is 0 Å². The Morgan fingerprint density at radius 2 is 1.76 bits per heavy atom. The van der Waals surface area contributed by atoms with Crippen LogP contribution in [0.1, 0.15) is 24.9 Å². The standard InChI is InChI=1S/C19H25N5O/c1-16(19(25)22(2)10-6-9-20)23-11-13-24(14-12-23)18(15-21)17-7-4-3-5-8-17/h3-5,7-8,16,18H,6,10-14H2,1-2H3/t16-,18-/m1/s1. The monoisotopic (exact) mass is 339 g/mol. The molecule has 132 valence electrons. The average Bonchev–Trinajstić information content (AvgIpc) is 2.67. The number of likely N-dealkylation sites (N-methyl/N-ethyl adjacent to an activating group) is 1. The molecule has 0 bridgehead atoms. The van der Waals surface area contributed by atoms with Crippen molar-refractivity contribution < 1.29 is 4.79 Å². The van der Waals surface area contributed by atoms with Gasteiger partial charge in [-0.2, -0.15) is 10.5 Å². The molecule has 0 aliphatic carbocycles. The number of piperazine rings is 1. The van der Waals surface area contributed by atoms with E-state index in [1.54, 1.807) is 11.9 Å². The van der Waals surface area contributed by atoms with Gasteiger partial charge in [0.15, 0.2) is 0 Å². The lowest BCUT2D eigenvalue weighted by Crippen LogP contribution is -2.54. The molecule has 6 nitrogen and oxygen atoms in total. The van der Waals surface area contributed by atoms with Crippen molar-refractivity contribution in [3.05, 3.63) is 35.9 Å². The van der Waals surface area contributed by atoms with Crippen molar-refractivity contribution in [2.75, 3.05) is 39.8 Å². The van der Waals surface area contributed by atoms with Crippen LogP contribution < -0.4 is 0 Å². The van der Waals surface area contributed by atoms with E-state index in [1.165, 1.54) is 0 Å². The second kappa shape index (κ2) is 9.17. The Bertz CT molecular complexity index is 640. The number of carbonyl (C=O) groups is 1. The zero-order chi connectivity index (χ0) is 18.2. The number of hydrogen-bond donors (Lipinski definition) is 0. The summed E-state index contributed by atoms with van der Waals surface area (Å²) in [5, 5.41) is 18.2. The van der Waals surface area contributed by atoms with E-state index in [0.717, 1.165) is 31.7 Å². The normalized spacial score (nSPS) is 17.9. The molecule has 1 amide bonds. The van der Waals surface area contributed by atoms with E-state index in [0.29, 0.717) is 13.0 Å². The van der Waals surface area contributed by atoms with Crippen molar-refractivity contribution in [1.82, 2.24) is 14.7 Å². The summed E-state index contributed by atoms with van der Waals surface area (Å²) in [7, 11) is 1.74. The molecule has 0 unspecified atom stereocenters. The molecule has 1 saturated heterocycles. The third-order valence-corrected chi connectivity index (χ3v) is 4.79. The zero-order valence-corrected chi connectivity index (χ0v) is 14.9. The smallest absolute Gasteiger partial charge is 0.239 e. The van der Waals surface area contributed by atoms with Crippen molar-refractivity contribution in [1.29, 1.82) is 10.5 Å². The van der Waals surface area contributed by atoms with Crippen molar-refractivity contribution >= 4 is 5.91 Å². The summed E-state index contributed by atoms with van der Waals surface area (Å²) < 4.78 is 0. The Morgan fingerprint density at radius 1 is 1.16 bits per heavy atom. The van der Waals surface area contributed by atoms with Gasteiger partial charge >= 0.3 is 0 Å². The molecule has 0 spiro atoms. The van der Waals surface area contributed by atoms with Gasteiger partial charge in [-0.15, -0.1) is 0 Å². The molecule has 2 rings (SSSR count). The van der Waals surface area contributed by atoms with Crippen LogP contribution in [0.15, 0.2) is 30.3 Å². The molecule has 1 aliphatic heterocycles. The van der Waals surface area contributed by atoms with Gasteiger partial charge in [0.05, 0.1) is 24.6 Å². The molecule has 25 heavy (non-hydrogen) atoms. The Balaban J connectivity index is 1.91. The average molecular weight is 339 g/mol. The van der Waals surface area contributed by atoms with Crippen LogP contribution in [-0.2, 0) is 4.79 Å². The van der Waals surface area contributed by atoms with E-state index in [4.69, 9.17) is 5.26 Å². The number of nitrogens with zero attached hydrogens (tertiary/aromatic N) is 5. The van der Waals surface area contributed by atoms with Gasteiger partial charge in [-0.3, -0.25) is 14.6 Å². The molecule has 0 radical (unpaired) electrons. The third kappa shape index (κ3) is 4.79. The first-order valence-electron chi connectivity index (χ1n) is 8.63. The highest BCUT2D eigenvalue weighted by Gasteiger charge is 2.30. The van der Waals surface area contributed by atoms with Crippen LogP contribution in [0.4, 0.5) is 0 Å². The van der Waals surface area contributed by atoms with Crippen LogP contribution in [0.3, 0.4) is 0 Å². The van der Waals surface area contributed by atoms with Crippen LogP contribution in [0.25, 0.3) is 0 Å². The second-order valence-corrected chi connectivity index (χ2v) is 6.36. The highest BCUT2D eigenvalue weighted by molar-refractivity contribution is 5.81. The van der Waals surface area contributed by atoms with Crippen LogP contribution in [0, 0.1) is 22.7 Å². The number of benzene rings is 1. The first kappa shape index (κ1) is 18.9. The molecule has 1 aromatic carbocycles. The molecule has 0 saturated carbocycles. The van der Waals surface area contributed by atoms with Gasteiger partial charge in [0, 0.05) is 39.8 Å². The maximum Gasteiger partial charge on any atom is 0.239 e. The first-order chi connectivity index (χ1) is 12.1. The van der Waals surface area contributed by atoms with E-state index >= 15 is 0 Å². The molecule has 0 N–H and O–H groups in total. The summed E-state index contributed by atoms with van der Waals surface area (Å²) >= 11 is 0. The Morgan fingerprint density at radius 3 is 2.32 bits per heavy atom. The van der Waals surface area contributed by atoms with Crippen LogP contribution >= 0.6 is 0 Å². The summed E-state index contributed by atoms with van der Waals surface area (Å²) in [5.41, 5.74) is 1.01. The summed E-state index contributed by atoms with van der Waals surface area (Å²) in [6, 6.07) is 13.8.